The molecule has 0 aliphatic rings. The monoisotopic (exact) mass is 569 g/mol. The number of carbonyl (C=O) groups is 1. The Bertz CT molecular complexity index is 1590. The highest BCUT2D eigenvalue weighted by Gasteiger charge is 2.25. The van der Waals surface area contributed by atoms with E-state index in [1.807, 2.05) is 58.5 Å². The van der Waals surface area contributed by atoms with Gasteiger partial charge in [-0.2, -0.15) is 0 Å². The molecule has 5 rings (SSSR count). The number of rotatable bonds is 11. The first-order chi connectivity index (χ1) is 19.5. The molecule has 0 bridgehead atoms. The fourth-order valence-electron chi connectivity index (χ4n) is 4.39. The van der Waals surface area contributed by atoms with Gasteiger partial charge in [0.1, 0.15) is 0 Å². The summed E-state index contributed by atoms with van der Waals surface area (Å²) in [4.78, 5) is 25.0. The van der Waals surface area contributed by atoms with E-state index in [9.17, 15) is 14.9 Å². The SMILES string of the molecule is Cc1cccc(CSc2nnc(C(Cc3ccccc3)NC(=O)Cc3cccs3)n2-c2ccc([N+](=O)[O-])cc2)c1. The van der Waals surface area contributed by atoms with Crippen molar-refractivity contribution in [2.75, 3.05) is 0 Å². The molecule has 1 amide bonds. The minimum atomic E-state index is -0.481. The Morgan fingerprint density at radius 2 is 1.77 bits per heavy atom. The molecule has 1 atom stereocenters. The Hall–Kier alpha value is -4.28. The zero-order valence-electron chi connectivity index (χ0n) is 21.8. The van der Waals surface area contributed by atoms with Gasteiger partial charge in [-0.1, -0.05) is 78.0 Å². The summed E-state index contributed by atoms with van der Waals surface area (Å²) in [5.41, 5.74) is 4.04. The van der Waals surface area contributed by atoms with Crippen molar-refractivity contribution in [1.29, 1.82) is 0 Å². The van der Waals surface area contributed by atoms with Crippen LogP contribution in [0.25, 0.3) is 5.69 Å². The van der Waals surface area contributed by atoms with Crippen LogP contribution in [0.4, 0.5) is 5.69 Å². The van der Waals surface area contributed by atoms with Crippen molar-refractivity contribution in [2.24, 2.45) is 0 Å². The van der Waals surface area contributed by atoms with Crippen LogP contribution in [0.1, 0.15) is 33.4 Å². The molecule has 3 aromatic carbocycles. The molecule has 1 N–H and O–H groups in total. The molecular weight excluding hydrogens is 542 g/mol. The van der Waals surface area contributed by atoms with Crippen molar-refractivity contribution >= 4 is 34.7 Å². The van der Waals surface area contributed by atoms with Gasteiger partial charge in [-0.3, -0.25) is 19.5 Å². The summed E-state index contributed by atoms with van der Waals surface area (Å²) in [5.74, 6) is 1.11. The van der Waals surface area contributed by atoms with Gasteiger partial charge < -0.3 is 5.32 Å². The lowest BCUT2D eigenvalue weighted by Crippen LogP contribution is -2.33. The van der Waals surface area contributed by atoms with Gasteiger partial charge in [0.25, 0.3) is 5.69 Å². The predicted molar refractivity (Wildman–Crippen MR) is 158 cm³/mol. The lowest BCUT2D eigenvalue weighted by Gasteiger charge is -2.20. The Kier molecular flexibility index (Phi) is 8.68. The Labute approximate surface area is 240 Å². The predicted octanol–water partition coefficient (Wildman–Crippen LogP) is 6.48. The highest BCUT2D eigenvalue weighted by Crippen LogP contribution is 2.30. The Morgan fingerprint density at radius 3 is 2.48 bits per heavy atom. The molecule has 0 saturated carbocycles. The van der Waals surface area contributed by atoms with E-state index in [0.717, 1.165) is 16.0 Å². The van der Waals surface area contributed by atoms with E-state index >= 15 is 0 Å². The Balaban J connectivity index is 1.52. The Morgan fingerprint density at radius 1 is 1.00 bits per heavy atom. The summed E-state index contributed by atoms with van der Waals surface area (Å²) < 4.78 is 1.89. The number of aromatic nitrogens is 3. The van der Waals surface area contributed by atoms with Gasteiger partial charge in [-0.15, -0.1) is 21.5 Å². The van der Waals surface area contributed by atoms with Crippen molar-refractivity contribution in [3.05, 3.63) is 134 Å². The van der Waals surface area contributed by atoms with Crippen molar-refractivity contribution in [3.63, 3.8) is 0 Å². The normalized spacial score (nSPS) is 11.7. The van der Waals surface area contributed by atoms with Crippen LogP contribution in [-0.2, 0) is 23.4 Å². The second-order valence-corrected chi connectivity index (χ2v) is 11.3. The first-order valence-electron chi connectivity index (χ1n) is 12.7. The number of hydrogen-bond acceptors (Lipinski definition) is 7. The van der Waals surface area contributed by atoms with Gasteiger partial charge in [0.15, 0.2) is 11.0 Å². The number of nitro groups is 1. The highest BCUT2D eigenvalue weighted by atomic mass is 32.2. The average molecular weight is 570 g/mol. The van der Waals surface area contributed by atoms with Gasteiger partial charge in [0.05, 0.1) is 17.4 Å². The van der Waals surface area contributed by atoms with E-state index in [2.05, 4.69) is 40.6 Å². The third-order valence-electron chi connectivity index (χ3n) is 6.27. The number of nitrogens with one attached hydrogen (secondary N) is 1. The standard InChI is InChI=1S/C30H27N5O3S2/c1-21-7-5-10-23(17-21)20-40-30-33-32-29(34(30)24-12-14-25(15-13-24)35(37)38)27(18-22-8-3-2-4-9-22)31-28(36)19-26-11-6-16-39-26/h2-17,27H,18-20H2,1H3,(H,31,36). The van der Waals surface area contributed by atoms with Crippen LogP contribution in [0, 0.1) is 17.0 Å². The molecule has 1 unspecified atom stereocenters. The first-order valence-corrected chi connectivity index (χ1v) is 14.6. The van der Waals surface area contributed by atoms with Crippen LogP contribution in [0.15, 0.2) is 102 Å². The van der Waals surface area contributed by atoms with E-state index in [-0.39, 0.29) is 18.0 Å². The number of carbonyl (C=O) groups excluding carboxylic acids is 1. The molecule has 0 spiro atoms. The maximum absolute atomic E-state index is 13.2. The largest absolute Gasteiger partial charge is 0.345 e. The molecule has 40 heavy (non-hydrogen) atoms. The summed E-state index contributed by atoms with van der Waals surface area (Å²) >= 11 is 3.06. The molecule has 0 radical (unpaired) electrons. The lowest BCUT2D eigenvalue weighted by molar-refractivity contribution is -0.384. The maximum atomic E-state index is 13.2. The second-order valence-electron chi connectivity index (χ2n) is 9.29. The number of amides is 1. The summed E-state index contributed by atoms with van der Waals surface area (Å²) in [6, 6.07) is 27.9. The van der Waals surface area contributed by atoms with Gasteiger partial charge in [-0.25, -0.2) is 0 Å². The average Bonchev–Trinajstić information content (AvgIpc) is 3.62. The molecule has 0 fully saturated rings. The van der Waals surface area contributed by atoms with E-state index in [1.165, 1.54) is 40.8 Å². The quantitative estimate of drug-likeness (QED) is 0.111. The van der Waals surface area contributed by atoms with Crippen LogP contribution in [0.2, 0.25) is 0 Å². The molecule has 0 aliphatic heterocycles. The van der Waals surface area contributed by atoms with Gasteiger partial charge >= 0.3 is 0 Å². The maximum Gasteiger partial charge on any atom is 0.269 e. The number of nitro benzene ring substituents is 1. The van der Waals surface area contributed by atoms with E-state index < -0.39 is 11.0 Å². The molecule has 10 heteroatoms. The number of hydrogen-bond donors (Lipinski definition) is 1. The number of non-ortho nitro benzene ring substituents is 1. The number of thiophene rings is 1. The number of nitrogens with zero attached hydrogens (tertiary/aromatic N) is 4. The van der Waals surface area contributed by atoms with Crippen molar-refractivity contribution in [2.45, 2.75) is 36.7 Å². The van der Waals surface area contributed by atoms with Crippen LogP contribution in [0.3, 0.4) is 0 Å². The summed E-state index contributed by atoms with van der Waals surface area (Å²) in [6.45, 7) is 2.05. The highest BCUT2D eigenvalue weighted by molar-refractivity contribution is 7.98. The molecule has 5 aromatic rings. The molecule has 2 aromatic heterocycles. The molecule has 202 valence electrons. The van der Waals surface area contributed by atoms with E-state index in [0.29, 0.717) is 28.8 Å². The third-order valence-corrected chi connectivity index (χ3v) is 8.15. The van der Waals surface area contributed by atoms with Gasteiger partial charge in [-0.05, 0) is 48.1 Å². The van der Waals surface area contributed by atoms with Crippen molar-refractivity contribution < 1.29 is 9.72 Å². The summed E-state index contributed by atoms with van der Waals surface area (Å²) in [7, 11) is 0. The minimum Gasteiger partial charge on any atom is -0.345 e. The van der Waals surface area contributed by atoms with Crippen LogP contribution >= 0.6 is 23.1 Å². The van der Waals surface area contributed by atoms with Crippen LogP contribution in [-0.4, -0.2) is 25.6 Å². The smallest absolute Gasteiger partial charge is 0.269 e. The summed E-state index contributed by atoms with van der Waals surface area (Å²) in [5, 5.41) is 26.2. The zero-order chi connectivity index (χ0) is 27.9. The fraction of sp³-hybridized carbons (Fsp3) is 0.167. The van der Waals surface area contributed by atoms with Crippen LogP contribution < -0.4 is 5.32 Å². The third kappa shape index (κ3) is 6.83. The summed E-state index contributed by atoms with van der Waals surface area (Å²) in [6.07, 6.45) is 0.772. The van der Waals surface area contributed by atoms with Crippen molar-refractivity contribution in [1.82, 2.24) is 20.1 Å². The zero-order valence-corrected chi connectivity index (χ0v) is 23.4. The minimum absolute atomic E-state index is 0.00238. The lowest BCUT2D eigenvalue weighted by atomic mass is 10.0. The van der Waals surface area contributed by atoms with E-state index in [4.69, 9.17) is 0 Å². The van der Waals surface area contributed by atoms with Crippen molar-refractivity contribution in [3.8, 4) is 5.69 Å². The molecule has 0 saturated heterocycles. The fourth-order valence-corrected chi connectivity index (χ4v) is 6.00. The molecule has 2 heterocycles. The van der Waals surface area contributed by atoms with E-state index in [1.54, 1.807) is 12.1 Å². The molecule has 0 aliphatic carbocycles. The van der Waals surface area contributed by atoms with Gasteiger partial charge in [0, 0.05) is 28.5 Å². The molecule has 8 nitrogen and oxygen atoms in total. The number of aryl methyl sites for hydroxylation is 1. The number of thioether (sulfide) groups is 1. The molecular formula is C30H27N5O3S2. The second kappa shape index (κ2) is 12.7. The first kappa shape index (κ1) is 27.3. The van der Waals surface area contributed by atoms with Crippen LogP contribution in [0.5, 0.6) is 0 Å². The number of benzene rings is 3. The topological polar surface area (TPSA) is 103 Å². The van der Waals surface area contributed by atoms with Gasteiger partial charge in [0.2, 0.25) is 5.91 Å².